The number of carbonyl (C=O) groups is 1. The highest BCUT2D eigenvalue weighted by atomic mass is 35.5. The molecule has 1 amide bonds. The first-order valence-corrected chi connectivity index (χ1v) is 5.05. The minimum atomic E-state index is 0. The highest BCUT2D eigenvalue weighted by Gasteiger charge is 2.25. The van der Waals surface area contributed by atoms with E-state index in [1.165, 1.54) is 0 Å². The van der Waals surface area contributed by atoms with Crippen molar-refractivity contribution in [3.05, 3.63) is 30.3 Å². The van der Waals surface area contributed by atoms with E-state index in [4.69, 9.17) is 0 Å². The van der Waals surface area contributed by atoms with Gasteiger partial charge in [-0.15, -0.1) is 0 Å². The molecule has 1 atom stereocenters. The fourth-order valence-electron chi connectivity index (χ4n) is 1.77. The summed E-state index contributed by atoms with van der Waals surface area (Å²) >= 11 is 0. The third-order valence-electron chi connectivity index (χ3n) is 2.55. The number of amides is 1. The van der Waals surface area contributed by atoms with Gasteiger partial charge in [0.25, 0.3) is 5.91 Å². The summed E-state index contributed by atoms with van der Waals surface area (Å²) in [5.74, 6) is 0.133. The van der Waals surface area contributed by atoms with Crippen LogP contribution in [0.3, 0.4) is 0 Å². The lowest BCUT2D eigenvalue weighted by Crippen LogP contribution is -3.00. The monoisotopic (exact) mass is 226 g/mol. The first-order valence-electron chi connectivity index (χ1n) is 5.05. The number of anilines is 1. The molecule has 1 aliphatic rings. The van der Waals surface area contributed by atoms with Crippen molar-refractivity contribution in [1.82, 2.24) is 0 Å². The standard InChI is InChI=1S/C11H14N2O.ClH/c14-11(10-7-4-8-12-10)13-9-5-2-1-3-6-9;/h1-3,5-6,10,12H,4,7-8H2,(H,13,14);1H. The Morgan fingerprint density at radius 2 is 2.07 bits per heavy atom. The zero-order chi connectivity index (χ0) is 9.80. The highest BCUT2D eigenvalue weighted by Crippen LogP contribution is 2.07. The Labute approximate surface area is 95.7 Å². The van der Waals surface area contributed by atoms with Crippen LogP contribution in [0.1, 0.15) is 12.8 Å². The second kappa shape index (κ2) is 5.73. The maximum atomic E-state index is 11.7. The van der Waals surface area contributed by atoms with Crippen molar-refractivity contribution in [2.75, 3.05) is 11.9 Å². The van der Waals surface area contributed by atoms with Gasteiger partial charge in [0.1, 0.15) is 0 Å². The fraction of sp³-hybridized carbons (Fsp3) is 0.364. The van der Waals surface area contributed by atoms with Crippen LogP contribution in [0.15, 0.2) is 30.3 Å². The minimum absolute atomic E-state index is 0. The molecule has 0 saturated carbocycles. The molecular weight excluding hydrogens is 212 g/mol. The fourth-order valence-corrected chi connectivity index (χ4v) is 1.77. The average Bonchev–Trinajstić information content (AvgIpc) is 2.72. The molecule has 1 fully saturated rings. The summed E-state index contributed by atoms with van der Waals surface area (Å²) in [6.45, 7) is 1.08. The van der Waals surface area contributed by atoms with Crippen molar-refractivity contribution < 1.29 is 22.5 Å². The Kier molecular flexibility index (Phi) is 4.59. The maximum Gasteiger partial charge on any atom is 0.282 e. The molecule has 3 N–H and O–H groups in total. The third-order valence-corrected chi connectivity index (χ3v) is 2.55. The largest absolute Gasteiger partial charge is 1.00 e. The van der Waals surface area contributed by atoms with Crippen LogP contribution in [0.4, 0.5) is 5.69 Å². The molecule has 1 aromatic rings. The van der Waals surface area contributed by atoms with Gasteiger partial charge < -0.3 is 23.0 Å². The van der Waals surface area contributed by atoms with Crippen LogP contribution in [0.2, 0.25) is 0 Å². The molecule has 1 aliphatic heterocycles. The van der Waals surface area contributed by atoms with E-state index in [0.29, 0.717) is 0 Å². The van der Waals surface area contributed by atoms with E-state index >= 15 is 0 Å². The number of carbonyl (C=O) groups excluding carboxylic acids is 1. The molecule has 82 valence electrons. The summed E-state index contributed by atoms with van der Waals surface area (Å²) in [6.07, 6.45) is 2.14. The summed E-state index contributed by atoms with van der Waals surface area (Å²) in [4.78, 5) is 11.7. The van der Waals surface area contributed by atoms with Gasteiger partial charge in [-0.2, -0.15) is 0 Å². The highest BCUT2D eigenvalue weighted by molar-refractivity contribution is 5.93. The van der Waals surface area contributed by atoms with Crippen LogP contribution < -0.4 is 23.0 Å². The van der Waals surface area contributed by atoms with Crippen molar-refractivity contribution in [3.63, 3.8) is 0 Å². The zero-order valence-electron chi connectivity index (χ0n) is 8.45. The molecule has 3 nitrogen and oxygen atoms in total. The van der Waals surface area contributed by atoms with Gasteiger partial charge in [-0.1, -0.05) is 18.2 Å². The topological polar surface area (TPSA) is 45.7 Å². The zero-order valence-corrected chi connectivity index (χ0v) is 9.20. The molecule has 15 heavy (non-hydrogen) atoms. The lowest BCUT2D eigenvalue weighted by Gasteiger charge is -2.07. The second-order valence-electron chi connectivity index (χ2n) is 3.63. The van der Waals surface area contributed by atoms with E-state index in [9.17, 15) is 4.79 Å². The molecule has 0 aromatic heterocycles. The minimum Gasteiger partial charge on any atom is -1.00 e. The lowest BCUT2D eigenvalue weighted by atomic mass is 10.2. The third kappa shape index (κ3) is 3.22. The average molecular weight is 227 g/mol. The Hall–Kier alpha value is -1.06. The van der Waals surface area contributed by atoms with Crippen LogP contribution in [-0.2, 0) is 4.79 Å². The molecule has 1 unspecified atom stereocenters. The number of benzene rings is 1. The maximum absolute atomic E-state index is 11.7. The quantitative estimate of drug-likeness (QED) is 0.569. The second-order valence-corrected chi connectivity index (χ2v) is 3.63. The predicted molar refractivity (Wildman–Crippen MR) is 54.9 cm³/mol. The number of nitrogens with two attached hydrogens (primary N) is 1. The van der Waals surface area contributed by atoms with Crippen molar-refractivity contribution in [3.8, 4) is 0 Å². The SMILES string of the molecule is O=C(Nc1ccccc1)C1CCC[NH2+]1.[Cl-]. The first-order chi connectivity index (χ1) is 6.86. The summed E-state index contributed by atoms with van der Waals surface area (Å²) in [6, 6.07) is 9.73. The Morgan fingerprint density at radius 3 is 2.67 bits per heavy atom. The van der Waals surface area contributed by atoms with Crippen molar-refractivity contribution in [1.29, 1.82) is 0 Å². The number of hydrogen-bond acceptors (Lipinski definition) is 1. The van der Waals surface area contributed by atoms with E-state index in [1.807, 2.05) is 30.3 Å². The summed E-state index contributed by atoms with van der Waals surface area (Å²) in [5.41, 5.74) is 0.887. The molecule has 1 heterocycles. The van der Waals surface area contributed by atoms with E-state index in [2.05, 4.69) is 10.6 Å². The molecule has 2 rings (SSSR count). The molecule has 0 bridgehead atoms. The van der Waals surface area contributed by atoms with E-state index in [-0.39, 0.29) is 24.4 Å². The van der Waals surface area contributed by atoms with E-state index in [0.717, 1.165) is 25.1 Å². The van der Waals surface area contributed by atoms with Gasteiger partial charge in [-0.25, -0.2) is 0 Å². The summed E-state index contributed by atoms with van der Waals surface area (Å²) in [5, 5.41) is 5.02. The molecule has 0 spiro atoms. The van der Waals surface area contributed by atoms with Gasteiger partial charge in [-0.3, -0.25) is 4.79 Å². The van der Waals surface area contributed by atoms with Crippen molar-refractivity contribution in [2.45, 2.75) is 18.9 Å². The number of rotatable bonds is 2. The van der Waals surface area contributed by atoms with Gasteiger partial charge in [-0.05, 0) is 12.1 Å². The van der Waals surface area contributed by atoms with Gasteiger partial charge in [0, 0.05) is 18.5 Å². The molecule has 1 saturated heterocycles. The number of nitrogens with one attached hydrogen (secondary N) is 1. The summed E-state index contributed by atoms with van der Waals surface area (Å²) in [7, 11) is 0. The van der Waals surface area contributed by atoms with Crippen LogP contribution in [0.25, 0.3) is 0 Å². The Bertz CT molecular complexity index is 310. The summed E-state index contributed by atoms with van der Waals surface area (Å²) < 4.78 is 0. The van der Waals surface area contributed by atoms with Crippen LogP contribution in [0, 0.1) is 0 Å². The number of para-hydroxylation sites is 1. The molecule has 0 aliphatic carbocycles. The van der Waals surface area contributed by atoms with E-state index in [1.54, 1.807) is 0 Å². The molecular formula is C11H15ClN2O. The molecule has 1 aromatic carbocycles. The number of hydrogen-bond donors (Lipinski definition) is 2. The van der Waals surface area contributed by atoms with Gasteiger partial charge >= 0.3 is 0 Å². The Morgan fingerprint density at radius 1 is 1.33 bits per heavy atom. The lowest BCUT2D eigenvalue weighted by molar-refractivity contribution is -0.656. The van der Waals surface area contributed by atoms with Crippen LogP contribution in [0.5, 0.6) is 0 Å². The molecule has 4 heteroatoms. The normalized spacial score (nSPS) is 19.3. The van der Waals surface area contributed by atoms with Gasteiger partial charge in [0.15, 0.2) is 6.04 Å². The number of halogens is 1. The smallest absolute Gasteiger partial charge is 0.282 e. The van der Waals surface area contributed by atoms with Crippen LogP contribution in [-0.4, -0.2) is 18.5 Å². The molecule has 0 radical (unpaired) electrons. The Balaban J connectivity index is 0.00000112. The van der Waals surface area contributed by atoms with Crippen LogP contribution >= 0.6 is 0 Å². The predicted octanol–water partition coefficient (Wildman–Crippen LogP) is -2.65. The van der Waals surface area contributed by atoms with Crippen molar-refractivity contribution in [2.24, 2.45) is 0 Å². The van der Waals surface area contributed by atoms with Crippen molar-refractivity contribution >= 4 is 11.6 Å². The first kappa shape index (κ1) is 12.0. The van der Waals surface area contributed by atoms with E-state index < -0.39 is 0 Å². The van der Waals surface area contributed by atoms with Gasteiger partial charge in [0.05, 0.1) is 6.54 Å². The van der Waals surface area contributed by atoms with Gasteiger partial charge in [0.2, 0.25) is 0 Å². The number of quaternary nitrogens is 1.